The molecule has 3 rings (SSSR count). The summed E-state index contributed by atoms with van der Waals surface area (Å²) in [7, 11) is 0. The summed E-state index contributed by atoms with van der Waals surface area (Å²) in [5.41, 5.74) is 3.23. The lowest BCUT2D eigenvalue weighted by atomic mass is 10.1. The number of anilines is 1. The Morgan fingerprint density at radius 3 is 2.71 bits per heavy atom. The molecule has 2 heterocycles. The Morgan fingerprint density at radius 1 is 1.21 bits per heavy atom. The van der Waals surface area contributed by atoms with Crippen LogP contribution in [-0.2, 0) is 11.3 Å². The van der Waals surface area contributed by atoms with Crippen LogP contribution < -0.4 is 5.32 Å². The van der Waals surface area contributed by atoms with Crippen LogP contribution in [0.25, 0.3) is 0 Å². The summed E-state index contributed by atoms with van der Waals surface area (Å²) < 4.78 is 3.33. The topological polar surface area (TPSA) is 77.6 Å². The average Bonchev–Trinajstić information content (AvgIpc) is 3.18. The third kappa shape index (κ3) is 3.51. The predicted octanol–water partition coefficient (Wildman–Crippen LogP) is 2.34. The van der Waals surface area contributed by atoms with E-state index in [4.69, 9.17) is 0 Å². The molecule has 0 aliphatic carbocycles. The van der Waals surface area contributed by atoms with Gasteiger partial charge in [0, 0.05) is 6.20 Å². The quantitative estimate of drug-likeness (QED) is 0.781. The first kappa shape index (κ1) is 15.9. The minimum atomic E-state index is -0.429. The van der Waals surface area contributed by atoms with E-state index >= 15 is 0 Å². The van der Waals surface area contributed by atoms with Gasteiger partial charge in [-0.05, 0) is 38.0 Å². The molecule has 0 fully saturated rings. The van der Waals surface area contributed by atoms with Gasteiger partial charge in [0.15, 0.2) is 0 Å². The van der Waals surface area contributed by atoms with Crippen LogP contribution in [0.2, 0.25) is 0 Å². The maximum atomic E-state index is 12.3. The van der Waals surface area contributed by atoms with Crippen molar-refractivity contribution >= 4 is 11.9 Å². The van der Waals surface area contributed by atoms with E-state index in [9.17, 15) is 4.79 Å². The second-order valence-electron chi connectivity index (χ2n) is 5.79. The SMILES string of the molecule is Cc1ccn(C(C)C(=O)Nc2ncn(Cc3ccccc3C)n2)n1. The highest BCUT2D eigenvalue weighted by molar-refractivity contribution is 5.91. The highest BCUT2D eigenvalue weighted by Crippen LogP contribution is 2.11. The number of amides is 1. The van der Waals surface area contributed by atoms with E-state index in [1.54, 1.807) is 28.8 Å². The van der Waals surface area contributed by atoms with Crippen LogP contribution in [-0.4, -0.2) is 30.5 Å². The van der Waals surface area contributed by atoms with Crippen LogP contribution in [0.1, 0.15) is 29.8 Å². The lowest BCUT2D eigenvalue weighted by Gasteiger charge is -2.10. The highest BCUT2D eigenvalue weighted by atomic mass is 16.2. The summed E-state index contributed by atoms with van der Waals surface area (Å²) >= 11 is 0. The standard InChI is InChI=1S/C17H20N6O/c1-12-6-4-5-7-15(12)10-22-11-18-17(21-22)19-16(24)14(3)23-9-8-13(2)20-23/h4-9,11,14H,10H2,1-3H3,(H,19,21,24). The molecule has 7 heteroatoms. The van der Waals surface area contributed by atoms with Gasteiger partial charge in [0.2, 0.25) is 5.95 Å². The molecule has 0 aliphatic rings. The van der Waals surface area contributed by atoms with Crippen molar-refractivity contribution in [3.05, 3.63) is 59.7 Å². The number of aryl methyl sites for hydroxylation is 2. The van der Waals surface area contributed by atoms with Gasteiger partial charge in [-0.15, -0.1) is 5.10 Å². The van der Waals surface area contributed by atoms with E-state index in [-0.39, 0.29) is 5.91 Å². The summed E-state index contributed by atoms with van der Waals surface area (Å²) in [6.07, 6.45) is 3.40. The van der Waals surface area contributed by atoms with Crippen LogP contribution >= 0.6 is 0 Å². The van der Waals surface area contributed by atoms with Gasteiger partial charge in [-0.25, -0.2) is 9.67 Å². The zero-order valence-corrected chi connectivity index (χ0v) is 14.0. The molecule has 7 nitrogen and oxygen atoms in total. The molecule has 0 saturated carbocycles. The number of rotatable bonds is 5. The minimum absolute atomic E-state index is 0.202. The average molecular weight is 324 g/mol. The number of carbonyl (C=O) groups excluding carboxylic acids is 1. The van der Waals surface area contributed by atoms with E-state index in [0.717, 1.165) is 5.69 Å². The van der Waals surface area contributed by atoms with Crippen LogP contribution in [0, 0.1) is 13.8 Å². The van der Waals surface area contributed by atoms with Gasteiger partial charge in [-0.1, -0.05) is 24.3 Å². The Hall–Kier alpha value is -2.96. The molecule has 24 heavy (non-hydrogen) atoms. The number of nitrogens with zero attached hydrogens (tertiary/aromatic N) is 5. The van der Waals surface area contributed by atoms with E-state index in [2.05, 4.69) is 39.6 Å². The van der Waals surface area contributed by atoms with Crippen molar-refractivity contribution in [1.29, 1.82) is 0 Å². The van der Waals surface area contributed by atoms with Crippen molar-refractivity contribution in [3.8, 4) is 0 Å². The summed E-state index contributed by atoms with van der Waals surface area (Å²) in [4.78, 5) is 16.4. The molecule has 2 aromatic heterocycles. The molecule has 1 aromatic carbocycles. The van der Waals surface area contributed by atoms with Gasteiger partial charge in [-0.3, -0.25) is 14.8 Å². The van der Waals surface area contributed by atoms with Gasteiger partial charge in [0.1, 0.15) is 12.4 Å². The smallest absolute Gasteiger partial charge is 0.251 e. The molecule has 124 valence electrons. The van der Waals surface area contributed by atoms with Crippen molar-refractivity contribution in [2.24, 2.45) is 0 Å². The molecule has 1 unspecified atom stereocenters. The molecular formula is C17H20N6O. The molecule has 1 N–H and O–H groups in total. The monoisotopic (exact) mass is 324 g/mol. The van der Waals surface area contributed by atoms with Crippen molar-refractivity contribution in [3.63, 3.8) is 0 Å². The maximum absolute atomic E-state index is 12.3. The van der Waals surface area contributed by atoms with Crippen molar-refractivity contribution < 1.29 is 4.79 Å². The van der Waals surface area contributed by atoms with E-state index in [1.807, 2.05) is 25.1 Å². The highest BCUT2D eigenvalue weighted by Gasteiger charge is 2.17. The third-order valence-electron chi connectivity index (χ3n) is 3.88. The molecule has 0 aliphatic heterocycles. The van der Waals surface area contributed by atoms with Gasteiger partial charge in [0.05, 0.1) is 12.2 Å². The molecule has 1 atom stereocenters. The fourth-order valence-electron chi connectivity index (χ4n) is 2.37. The molecular weight excluding hydrogens is 304 g/mol. The lowest BCUT2D eigenvalue weighted by molar-refractivity contribution is -0.119. The summed E-state index contributed by atoms with van der Waals surface area (Å²) in [5, 5.41) is 11.3. The van der Waals surface area contributed by atoms with Crippen molar-refractivity contribution in [1.82, 2.24) is 24.5 Å². The van der Waals surface area contributed by atoms with E-state index in [1.165, 1.54) is 11.1 Å². The van der Waals surface area contributed by atoms with Crippen molar-refractivity contribution in [2.75, 3.05) is 5.32 Å². The summed E-state index contributed by atoms with van der Waals surface area (Å²) in [5.74, 6) is 0.0936. The molecule has 0 saturated heterocycles. The number of benzene rings is 1. The molecule has 0 spiro atoms. The largest absolute Gasteiger partial charge is 0.291 e. The molecule has 0 radical (unpaired) electrons. The zero-order valence-electron chi connectivity index (χ0n) is 14.0. The predicted molar refractivity (Wildman–Crippen MR) is 90.6 cm³/mol. The number of carbonyl (C=O) groups is 1. The van der Waals surface area contributed by atoms with Crippen LogP contribution in [0.3, 0.4) is 0 Å². The Morgan fingerprint density at radius 2 is 2.00 bits per heavy atom. The first-order valence-corrected chi connectivity index (χ1v) is 7.79. The second kappa shape index (κ2) is 6.66. The number of hydrogen-bond acceptors (Lipinski definition) is 4. The Bertz CT molecular complexity index is 850. The van der Waals surface area contributed by atoms with E-state index < -0.39 is 6.04 Å². The van der Waals surface area contributed by atoms with Gasteiger partial charge >= 0.3 is 0 Å². The zero-order chi connectivity index (χ0) is 17.1. The van der Waals surface area contributed by atoms with Gasteiger partial charge < -0.3 is 0 Å². The Kier molecular flexibility index (Phi) is 4.41. The molecule has 3 aromatic rings. The fourth-order valence-corrected chi connectivity index (χ4v) is 2.37. The fraction of sp³-hybridized carbons (Fsp3) is 0.294. The first-order valence-electron chi connectivity index (χ1n) is 7.79. The summed E-state index contributed by atoms with van der Waals surface area (Å²) in [6.45, 7) is 6.34. The minimum Gasteiger partial charge on any atom is -0.291 e. The van der Waals surface area contributed by atoms with Crippen LogP contribution in [0.15, 0.2) is 42.9 Å². The molecule has 0 bridgehead atoms. The van der Waals surface area contributed by atoms with Gasteiger partial charge in [0.25, 0.3) is 5.91 Å². The summed E-state index contributed by atoms with van der Waals surface area (Å²) in [6, 6.07) is 9.54. The first-order chi connectivity index (χ1) is 11.5. The Balaban J connectivity index is 1.65. The normalized spacial score (nSPS) is 12.1. The number of nitrogens with one attached hydrogen (secondary N) is 1. The number of hydrogen-bond donors (Lipinski definition) is 1. The molecule has 1 amide bonds. The van der Waals surface area contributed by atoms with Crippen LogP contribution in [0.5, 0.6) is 0 Å². The van der Waals surface area contributed by atoms with Gasteiger partial charge in [-0.2, -0.15) is 5.10 Å². The third-order valence-corrected chi connectivity index (χ3v) is 3.88. The number of aromatic nitrogens is 5. The van der Waals surface area contributed by atoms with E-state index in [0.29, 0.717) is 12.5 Å². The van der Waals surface area contributed by atoms with Crippen LogP contribution in [0.4, 0.5) is 5.95 Å². The maximum Gasteiger partial charge on any atom is 0.251 e. The van der Waals surface area contributed by atoms with Crippen molar-refractivity contribution in [2.45, 2.75) is 33.4 Å². The Labute approximate surface area is 140 Å². The second-order valence-corrected chi connectivity index (χ2v) is 5.79. The lowest BCUT2D eigenvalue weighted by Crippen LogP contribution is -2.24.